The van der Waals surface area contributed by atoms with Crippen LogP contribution in [-0.2, 0) is 50.7 Å². The number of nitrogens with zero attached hydrogens (tertiary/aromatic N) is 1. The summed E-state index contributed by atoms with van der Waals surface area (Å²) in [6.45, 7) is 6.88. The molecule has 0 bridgehead atoms. The number of nitrogens with two attached hydrogens (primary N) is 2. The first kappa shape index (κ1) is 47.9. The molecule has 0 spiro atoms. The molecule has 1 aliphatic heterocycles. The second-order valence-electron chi connectivity index (χ2n) is 14.9. The maximum Gasteiger partial charge on any atom is 0.414 e. The van der Waals surface area contributed by atoms with Gasteiger partial charge in [-0.15, -0.1) is 0 Å². The lowest BCUT2D eigenvalue weighted by molar-refractivity contribution is -0.142. The van der Waals surface area contributed by atoms with Crippen molar-refractivity contribution in [3.05, 3.63) is 71.8 Å². The minimum atomic E-state index is -1.42. The van der Waals surface area contributed by atoms with E-state index < -0.39 is 90.6 Å². The molecular formula is C41H58N8O9S. The fraction of sp³-hybridized carbons (Fsp3) is 0.512. The van der Waals surface area contributed by atoms with E-state index in [-0.39, 0.29) is 43.6 Å². The number of rotatable bonds is 22. The third-order valence-corrected chi connectivity index (χ3v) is 10.8. The second kappa shape index (κ2) is 24.4. The van der Waals surface area contributed by atoms with Gasteiger partial charge in [0.15, 0.2) is 0 Å². The lowest BCUT2D eigenvalue weighted by Gasteiger charge is -2.31. The molecule has 6 atom stereocenters. The van der Waals surface area contributed by atoms with Gasteiger partial charge < -0.3 is 42.4 Å². The lowest BCUT2D eigenvalue weighted by Crippen LogP contribution is -2.60. The first-order valence-corrected chi connectivity index (χ1v) is 20.9. The number of primary amides is 1. The molecule has 17 nitrogen and oxygen atoms in total. The fourth-order valence-corrected chi connectivity index (χ4v) is 7.20. The normalized spacial score (nSPS) is 16.1. The highest BCUT2D eigenvalue weighted by Crippen LogP contribution is 2.22. The third kappa shape index (κ3) is 16.4. The Bertz CT molecular complexity index is 1750. The van der Waals surface area contributed by atoms with E-state index in [4.69, 9.17) is 16.2 Å². The molecule has 8 amide bonds. The van der Waals surface area contributed by atoms with Crippen LogP contribution in [0.15, 0.2) is 60.7 Å². The Hall–Kier alpha value is -5.49. The molecule has 1 aliphatic rings. The van der Waals surface area contributed by atoms with Crippen LogP contribution in [0.2, 0.25) is 0 Å². The van der Waals surface area contributed by atoms with Gasteiger partial charge >= 0.3 is 6.09 Å². The Morgan fingerprint density at radius 1 is 0.831 bits per heavy atom. The van der Waals surface area contributed by atoms with Gasteiger partial charge in [-0.25, -0.2) is 4.79 Å². The van der Waals surface area contributed by atoms with Crippen LogP contribution in [-0.4, -0.2) is 101 Å². The van der Waals surface area contributed by atoms with E-state index in [0.29, 0.717) is 18.6 Å². The molecule has 0 aliphatic carbocycles. The van der Waals surface area contributed by atoms with Gasteiger partial charge in [-0.05, 0) is 42.2 Å². The van der Waals surface area contributed by atoms with Gasteiger partial charge in [0.05, 0.1) is 19.0 Å². The highest BCUT2D eigenvalue weighted by molar-refractivity contribution is 7.98. The second-order valence-corrected chi connectivity index (χ2v) is 15.9. The van der Waals surface area contributed by atoms with Crippen LogP contribution in [0.3, 0.4) is 0 Å². The number of thioether (sulfide) groups is 1. The Labute approximate surface area is 349 Å². The summed E-state index contributed by atoms with van der Waals surface area (Å²) in [6, 6.07) is 12.7. The Balaban J connectivity index is 1.71. The van der Waals surface area contributed by atoms with Crippen LogP contribution in [0.1, 0.15) is 70.9 Å². The van der Waals surface area contributed by atoms with Gasteiger partial charge in [0.2, 0.25) is 41.4 Å². The monoisotopic (exact) mass is 838 g/mol. The SMILES string of the molecule is CC[C@H](C)[C@H](N)C(=O)N[C@@H](CC(N)=O)C(=O)N[C@@H](CSCc1ccccc1)C(=O)N1CCC[C@H]1C(=O)N[C@@H](CC(C)C)C(=O)NCC(=O)NC(=O)OCc1ccccc1. The van der Waals surface area contributed by atoms with Crippen LogP contribution < -0.4 is 38.1 Å². The van der Waals surface area contributed by atoms with Crippen molar-refractivity contribution in [2.45, 2.75) is 102 Å². The minimum absolute atomic E-state index is 0.0587. The molecule has 0 aromatic heterocycles. The van der Waals surface area contributed by atoms with Crippen molar-refractivity contribution in [2.75, 3.05) is 18.8 Å². The predicted octanol–water partition coefficient (Wildman–Crippen LogP) is 1.23. The summed E-state index contributed by atoms with van der Waals surface area (Å²) >= 11 is 1.36. The van der Waals surface area contributed by atoms with Crippen LogP contribution in [0.5, 0.6) is 0 Å². The molecule has 0 unspecified atom stereocenters. The Kier molecular flexibility index (Phi) is 19.8. The number of amides is 8. The van der Waals surface area contributed by atoms with Gasteiger partial charge in [-0.1, -0.05) is 94.8 Å². The lowest BCUT2D eigenvalue weighted by atomic mass is 9.99. The molecule has 322 valence electrons. The molecule has 0 saturated carbocycles. The highest BCUT2D eigenvalue weighted by atomic mass is 32.2. The van der Waals surface area contributed by atoms with E-state index in [9.17, 15) is 38.4 Å². The van der Waals surface area contributed by atoms with Crippen LogP contribution in [0.25, 0.3) is 0 Å². The molecule has 1 saturated heterocycles. The Morgan fingerprint density at radius 3 is 2.07 bits per heavy atom. The number of hydrogen-bond donors (Lipinski definition) is 7. The summed E-state index contributed by atoms with van der Waals surface area (Å²) in [6.07, 6.45) is -0.0184. The summed E-state index contributed by atoms with van der Waals surface area (Å²) in [5.74, 6) is -4.73. The van der Waals surface area contributed by atoms with Crippen molar-refractivity contribution in [1.29, 1.82) is 0 Å². The number of ether oxygens (including phenoxy) is 1. The zero-order valence-corrected chi connectivity index (χ0v) is 34.9. The van der Waals surface area contributed by atoms with E-state index in [0.717, 1.165) is 11.1 Å². The molecule has 2 aromatic rings. The van der Waals surface area contributed by atoms with Crippen molar-refractivity contribution < 1.29 is 43.1 Å². The summed E-state index contributed by atoms with van der Waals surface area (Å²) in [5, 5.41) is 12.4. The van der Waals surface area contributed by atoms with Crippen LogP contribution in [0, 0.1) is 11.8 Å². The number of hydrogen-bond acceptors (Lipinski definition) is 11. The molecule has 0 radical (unpaired) electrons. The number of carbonyl (C=O) groups excluding carboxylic acids is 8. The average molecular weight is 839 g/mol. The minimum Gasteiger partial charge on any atom is -0.444 e. The first-order chi connectivity index (χ1) is 28.1. The summed E-state index contributed by atoms with van der Waals surface area (Å²) in [5.41, 5.74) is 13.2. The fourth-order valence-electron chi connectivity index (χ4n) is 6.19. The van der Waals surface area contributed by atoms with Gasteiger partial charge in [0, 0.05) is 18.1 Å². The summed E-state index contributed by atoms with van der Waals surface area (Å²) < 4.78 is 5.05. The number of imide groups is 1. The molecule has 59 heavy (non-hydrogen) atoms. The smallest absolute Gasteiger partial charge is 0.414 e. The first-order valence-electron chi connectivity index (χ1n) is 19.7. The summed E-state index contributed by atoms with van der Waals surface area (Å²) in [7, 11) is 0. The number of likely N-dealkylation sites (tertiary alicyclic amines) is 1. The number of benzene rings is 2. The highest BCUT2D eigenvalue weighted by Gasteiger charge is 2.40. The topological polar surface area (TPSA) is 261 Å². The van der Waals surface area contributed by atoms with Crippen molar-refractivity contribution in [3.63, 3.8) is 0 Å². The van der Waals surface area contributed by atoms with Crippen molar-refractivity contribution in [2.24, 2.45) is 23.3 Å². The summed E-state index contributed by atoms with van der Waals surface area (Å²) in [4.78, 5) is 106. The van der Waals surface area contributed by atoms with E-state index in [1.807, 2.05) is 62.5 Å². The van der Waals surface area contributed by atoms with Crippen molar-refractivity contribution in [1.82, 2.24) is 31.5 Å². The molecule has 1 heterocycles. The van der Waals surface area contributed by atoms with Gasteiger partial charge in [-0.2, -0.15) is 11.8 Å². The maximum atomic E-state index is 14.3. The molecule has 1 fully saturated rings. The zero-order valence-electron chi connectivity index (χ0n) is 34.1. The number of carbonyl (C=O) groups is 8. The molecule has 3 rings (SSSR count). The number of alkyl carbamates (subject to hydrolysis) is 1. The van der Waals surface area contributed by atoms with Gasteiger partial charge in [0.1, 0.15) is 30.8 Å². The molecule has 9 N–H and O–H groups in total. The van der Waals surface area contributed by atoms with Crippen LogP contribution in [0.4, 0.5) is 4.79 Å². The van der Waals surface area contributed by atoms with Crippen molar-refractivity contribution >= 4 is 59.2 Å². The quantitative estimate of drug-likeness (QED) is 0.0887. The standard InChI is InChI=1S/C41H58N8O9S/c1-5-26(4)35(43)39(55)46-30(20-33(42)50)37(53)47-31(24-59-23-28-15-10-7-11-16-28)40(56)49-18-12-17-32(49)38(54)45-29(19-25(2)3)36(52)44-21-34(51)48-41(57)58-22-27-13-8-6-9-14-27/h6-11,13-16,25-26,29-32,35H,5,12,17-24,43H2,1-4H3,(H2,42,50)(H,44,52)(H,45,54)(H,46,55)(H,47,53)(H,48,51,57)/t26-,29-,30-,31-,32-,35-/m0/s1. The molecule has 2 aromatic carbocycles. The van der Waals surface area contributed by atoms with Crippen LogP contribution >= 0.6 is 11.8 Å². The molecule has 18 heteroatoms. The predicted molar refractivity (Wildman–Crippen MR) is 222 cm³/mol. The molecular weight excluding hydrogens is 781 g/mol. The third-order valence-electron chi connectivity index (χ3n) is 9.66. The van der Waals surface area contributed by atoms with Gasteiger partial charge in [0.25, 0.3) is 0 Å². The van der Waals surface area contributed by atoms with E-state index in [1.165, 1.54) is 16.7 Å². The average Bonchev–Trinajstić information content (AvgIpc) is 3.71. The largest absolute Gasteiger partial charge is 0.444 e. The van der Waals surface area contributed by atoms with E-state index >= 15 is 0 Å². The maximum absolute atomic E-state index is 14.3. The number of nitrogens with one attached hydrogen (secondary N) is 5. The van der Waals surface area contributed by atoms with E-state index in [2.05, 4.69) is 21.3 Å². The Morgan fingerprint density at radius 2 is 1.46 bits per heavy atom. The van der Waals surface area contributed by atoms with Gasteiger partial charge in [-0.3, -0.25) is 38.9 Å². The van der Waals surface area contributed by atoms with E-state index in [1.54, 1.807) is 31.2 Å². The zero-order chi connectivity index (χ0) is 43.5. The van der Waals surface area contributed by atoms with Crippen molar-refractivity contribution in [3.8, 4) is 0 Å².